The SMILES string of the molecule is CC(C)c1cc(C(C)C)c(NC(=O)[C@@H]2CCC[N@@+]2([O-])CC[N@+]2([O-])CCC[C@H]2C(=O)Nc2c(C(C)C)cc(C(C)C)cc2C(C)C)c(C(C)C)c1. The molecule has 2 aromatic carbocycles. The minimum atomic E-state index is -0.789. The minimum absolute atomic E-state index is 0.0172. The highest BCUT2D eigenvalue weighted by atomic mass is 16.6. The normalized spacial score (nSPS) is 24.1. The number of benzene rings is 2. The number of anilines is 2. The van der Waals surface area contributed by atoms with Crippen molar-refractivity contribution < 1.29 is 18.9 Å². The average Bonchev–Trinajstić information content (AvgIpc) is 3.62. The fourth-order valence-electron chi connectivity index (χ4n) is 8.06. The van der Waals surface area contributed by atoms with Crippen molar-refractivity contribution in [1.82, 2.24) is 0 Å². The molecule has 0 spiro atoms. The Bertz CT molecular complexity index is 1360. The third kappa shape index (κ3) is 8.46. The number of carbonyl (C=O) groups is 2. The summed E-state index contributed by atoms with van der Waals surface area (Å²) in [5.74, 6) is 0.964. The molecule has 2 heterocycles. The lowest BCUT2D eigenvalue weighted by Gasteiger charge is -2.49. The maximum Gasteiger partial charge on any atom is 0.283 e. The Morgan fingerprint density at radius 1 is 0.560 bits per heavy atom. The predicted molar refractivity (Wildman–Crippen MR) is 207 cm³/mol. The van der Waals surface area contributed by atoms with Crippen molar-refractivity contribution in [1.29, 1.82) is 0 Å². The average molecular weight is 691 g/mol. The van der Waals surface area contributed by atoms with E-state index in [1.807, 2.05) is 0 Å². The smallest absolute Gasteiger partial charge is 0.283 e. The van der Waals surface area contributed by atoms with Crippen LogP contribution in [0, 0.1) is 10.4 Å². The first-order chi connectivity index (χ1) is 23.3. The molecule has 0 bridgehead atoms. The molecule has 0 aliphatic carbocycles. The summed E-state index contributed by atoms with van der Waals surface area (Å²) in [6.45, 7) is 26.4. The second-order valence-electron chi connectivity index (χ2n) is 17.2. The highest BCUT2D eigenvalue weighted by molar-refractivity contribution is 5.97. The zero-order valence-corrected chi connectivity index (χ0v) is 33.1. The Hall–Kier alpha value is -2.78. The van der Waals surface area contributed by atoms with Gasteiger partial charge in [-0.25, -0.2) is 0 Å². The van der Waals surface area contributed by atoms with Gasteiger partial charge in [0.2, 0.25) is 0 Å². The van der Waals surface area contributed by atoms with Crippen LogP contribution in [0.15, 0.2) is 24.3 Å². The van der Waals surface area contributed by atoms with Crippen LogP contribution in [-0.2, 0) is 9.59 Å². The molecule has 2 saturated heterocycles. The molecule has 4 atom stereocenters. The highest BCUT2D eigenvalue weighted by Crippen LogP contribution is 2.39. The summed E-state index contributed by atoms with van der Waals surface area (Å²) < 4.78 is -1.43. The number of amides is 2. The molecule has 4 rings (SSSR count). The molecular formula is C42H66N4O4. The van der Waals surface area contributed by atoms with E-state index in [0.29, 0.717) is 50.6 Å². The molecule has 2 amide bonds. The molecule has 2 aliphatic heterocycles. The second kappa shape index (κ2) is 15.9. The first-order valence-corrected chi connectivity index (χ1v) is 19.4. The van der Waals surface area contributed by atoms with Gasteiger partial charge in [0.15, 0.2) is 12.1 Å². The summed E-state index contributed by atoms with van der Waals surface area (Å²) in [6, 6.07) is 7.21. The van der Waals surface area contributed by atoms with E-state index in [-0.39, 0.29) is 48.6 Å². The van der Waals surface area contributed by atoms with Gasteiger partial charge in [-0.2, -0.15) is 0 Å². The van der Waals surface area contributed by atoms with Gasteiger partial charge < -0.3 is 30.3 Å². The zero-order chi connectivity index (χ0) is 37.3. The second-order valence-corrected chi connectivity index (χ2v) is 17.2. The number of likely N-dealkylation sites (tertiary alicyclic amines) is 2. The van der Waals surface area contributed by atoms with Crippen LogP contribution >= 0.6 is 0 Å². The van der Waals surface area contributed by atoms with Gasteiger partial charge in [0, 0.05) is 37.1 Å². The molecule has 0 saturated carbocycles. The number of carbonyl (C=O) groups excluding carboxylic acids is 2. The van der Waals surface area contributed by atoms with Crippen LogP contribution in [0.1, 0.15) is 178 Å². The van der Waals surface area contributed by atoms with E-state index in [1.54, 1.807) is 0 Å². The molecule has 8 heteroatoms. The van der Waals surface area contributed by atoms with Crippen molar-refractivity contribution >= 4 is 23.2 Å². The third-order valence-corrected chi connectivity index (χ3v) is 11.4. The van der Waals surface area contributed by atoms with Gasteiger partial charge >= 0.3 is 0 Å². The van der Waals surface area contributed by atoms with E-state index in [0.717, 1.165) is 33.6 Å². The molecule has 2 N–H and O–H groups in total. The summed E-state index contributed by atoms with van der Waals surface area (Å²) >= 11 is 0. The first kappa shape index (κ1) is 40.0. The van der Waals surface area contributed by atoms with Gasteiger partial charge in [-0.15, -0.1) is 0 Å². The van der Waals surface area contributed by atoms with E-state index in [9.17, 15) is 20.0 Å². The van der Waals surface area contributed by atoms with Gasteiger partial charge in [-0.1, -0.05) is 107 Å². The van der Waals surface area contributed by atoms with Gasteiger partial charge in [0.05, 0.1) is 13.1 Å². The van der Waals surface area contributed by atoms with Crippen LogP contribution in [-0.4, -0.2) is 59.4 Å². The first-order valence-electron chi connectivity index (χ1n) is 19.4. The monoisotopic (exact) mass is 691 g/mol. The van der Waals surface area contributed by atoms with Crippen molar-refractivity contribution in [3.8, 4) is 0 Å². The molecule has 0 unspecified atom stereocenters. The largest absolute Gasteiger partial charge is 0.632 e. The Balaban J connectivity index is 1.55. The molecule has 278 valence electrons. The number of quaternary nitrogens is 2. The number of nitrogens with one attached hydrogen (secondary N) is 2. The Labute approximate surface area is 302 Å². The van der Waals surface area contributed by atoms with Crippen molar-refractivity contribution in [3.05, 3.63) is 68.1 Å². The molecule has 50 heavy (non-hydrogen) atoms. The Morgan fingerprint density at radius 2 is 0.840 bits per heavy atom. The van der Waals surface area contributed by atoms with E-state index >= 15 is 0 Å². The predicted octanol–water partition coefficient (Wildman–Crippen LogP) is 9.96. The van der Waals surface area contributed by atoms with Gasteiger partial charge in [0.25, 0.3) is 11.8 Å². The zero-order valence-electron chi connectivity index (χ0n) is 33.1. The summed E-state index contributed by atoms with van der Waals surface area (Å²) in [4.78, 5) is 28.0. The van der Waals surface area contributed by atoms with E-state index in [4.69, 9.17) is 0 Å². The number of hydroxylamine groups is 6. The fraction of sp³-hybridized carbons (Fsp3) is 0.667. The Morgan fingerprint density at radius 3 is 1.08 bits per heavy atom. The van der Waals surface area contributed by atoms with Crippen molar-refractivity contribution in [2.75, 3.05) is 36.8 Å². The van der Waals surface area contributed by atoms with Crippen LogP contribution in [0.25, 0.3) is 0 Å². The summed E-state index contributed by atoms with van der Waals surface area (Å²) in [5, 5.41) is 35.4. The Kier molecular flexibility index (Phi) is 12.7. The van der Waals surface area contributed by atoms with Gasteiger partial charge in [0.1, 0.15) is 13.1 Å². The van der Waals surface area contributed by atoms with Gasteiger partial charge in [-0.3, -0.25) is 9.59 Å². The van der Waals surface area contributed by atoms with Crippen LogP contribution in [0.4, 0.5) is 11.4 Å². The number of hydrogen-bond acceptors (Lipinski definition) is 4. The van der Waals surface area contributed by atoms with Crippen LogP contribution in [0.2, 0.25) is 0 Å². The minimum Gasteiger partial charge on any atom is -0.632 e. The quantitative estimate of drug-likeness (QED) is 0.161. The van der Waals surface area contributed by atoms with E-state index in [2.05, 4.69) is 118 Å². The number of hydrogen-bond donors (Lipinski definition) is 2. The molecule has 0 aromatic heterocycles. The highest BCUT2D eigenvalue weighted by Gasteiger charge is 2.45. The molecular weight excluding hydrogens is 624 g/mol. The molecule has 2 aliphatic rings. The van der Waals surface area contributed by atoms with Crippen molar-refractivity contribution in [2.45, 2.75) is 156 Å². The standard InChI is InChI=1S/C42H66N4O4/c1-25(2)31-21-33(27(5)6)39(34(22-31)28(7)8)43-41(47)37-15-13-17-45(37,49)19-20-46(50)18-14-16-38(46)42(48)44-40-35(29(9)10)23-32(26(3)4)24-36(40)30(11)12/h21-30,37-38H,13-20H2,1-12H3,(H,43,47)(H,44,48)/t37-,38-,45+,46+/m0/s1. The lowest BCUT2D eigenvalue weighted by Crippen LogP contribution is -2.60. The summed E-state index contributed by atoms with van der Waals surface area (Å²) in [7, 11) is 0. The fourth-order valence-corrected chi connectivity index (χ4v) is 8.06. The molecule has 2 fully saturated rings. The van der Waals surface area contributed by atoms with Crippen molar-refractivity contribution in [2.24, 2.45) is 0 Å². The molecule has 2 aromatic rings. The topological polar surface area (TPSA) is 104 Å². The number of rotatable bonds is 13. The summed E-state index contributed by atoms with van der Waals surface area (Å²) in [6.07, 6.45) is 2.23. The number of nitrogens with zero attached hydrogens (tertiary/aromatic N) is 2. The van der Waals surface area contributed by atoms with Crippen LogP contribution in [0.5, 0.6) is 0 Å². The van der Waals surface area contributed by atoms with Crippen LogP contribution < -0.4 is 10.6 Å². The van der Waals surface area contributed by atoms with Gasteiger partial charge in [-0.05, 0) is 68.9 Å². The maximum absolute atomic E-state index is 14.5. The van der Waals surface area contributed by atoms with E-state index < -0.39 is 21.4 Å². The molecule has 8 nitrogen and oxygen atoms in total. The summed E-state index contributed by atoms with van der Waals surface area (Å²) in [5.41, 5.74) is 8.50. The molecule has 0 radical (unpaired) electrons. The van der Waals surface area contributed by atoms with Crippen molar-refractivity contribution in [3.63, 3.8) is 0 Å². The third-order valence-electron chi connectivity index (χ3n) is 11.4. The lowest BCUT2D eigenvalue weighted by atomic mass is 9.87. The van der Waals surface area contributed by atoms with Crippen LogP contribution in [0.3, 0.4) is 0 Å². The maximum atomic E-state index is 14.5. The lowest BCUT2D eigenvalue weighted by molar-refractivity contribution is -0.938. The van der Waals surface area contributed by atoms with E-state index in [1.165, 1.54) is 11.1 Å².